The third kappa shape index (κ3) is 1.88. The zero-order valence-corrected chi connectivity index (χ0v) is 8.49. The van der Waals surface area contributed by atoms with Crippen LogP contribution in [0.15, 0.2) is 0 Å². The lowest BCUT2D eigenvalue weighted by Gasteiger charge is -2.35. The molecule has 0 aliphatic heterocycles. The summed E-state index contributed by atoms with van der Waals surface area (Å²) in [6.45, 7) is 1.83. The Morgan fingerprint density at radius 3 is 2.79 bits per heavy atom. The molecular weight excluding hydrogens is 182 g/mol. The Kier molecular flexibility index (Phi) is 3.12. The fraction of sp³-hybridized carbons (Fsp3) is 0.800. The van der Waals surface area contributed by atoms with Crippen molar-refractivity contribution < 1.29 is 14.6 Å². The summed E-state index contributed by atoms with van der Waals surface area (Å²) in [6.07, 6.45) is 1.57. The smallest absolute Gasteiger partial charge is 0.308 e. The molecule has 0 amide bonds. The molecule has 3 unspecified atom stereocenters. The van der Waals surface area contributed by atoms with Gasteiger partial charge in [0.05, 0.1) is 19.1 Å². The Morgan fingerprint density at radius 2 is 2.29 bits per heavy atom. The maximum absolute atomic E-state index is 11.2. The zero-order chi connectivity index (χ0) is 10.8. The topological polar surface area (TPSA) is 70.3 Å². The average Bonchev–Trinajstić information content (AvgIpc) is 2.21. The minimum Gasteiger partial charge on any atom is -0.469 e. The monoisotopic (exact) mass is 197 g/mol. The van der Waals surface area contributed by atoms with Gasteiger partial charge in [-0.15, -0.1) is 0 Å². The maximum atomic E-state index is 11.2. The van der Waals surface area contributed by atoms with Crippen molar-refractivity contribution in [3.8, 4) is 6.07 Å². The Balaban J connectivity index is 2.73. The second-order valence-corrected chi connectivity index (χ2v) is 3.94. The maximum Gasteiger partial charge on any atom is 0.308 e. The standard InChI is InChI=1S/C10H15NO3/c1-7-3-4-8(9(12)14-2)5-10(7,13)6-11/h7-8,13H,3-5H2,1-2H3. The predicted molar refractivity (Wildman–Crippen MR) is 49.1 cm³/mol. The molecule has 1 N–H and O–H groups in total. The van der Waals surface area contributed by atoms with Crippen LogP contribution in [-0.2, 0) is 9.53 Å². The van der Waals surface area contributed by atoms with Crippen LogP contribution in [0.2, 0.25) is 0 Å². The molecule has 0 heterocycles. The number of carbonyl (C=O) groups is 1. The minimum absolute atomic E-state index is 0.0755. The summed E-state index contributed by atoms with van der Waals surface area (Å²) >= 11 is 0. The fourth-order valence-corrected chi connectivity index (χ4v) is 1.89. The summed E-state index contributed by atoms with van der Waals surface area (Å²) in [5, 5.41) is 18.7. The Labute approximate surface area is 83.5 Å². The molecule has 0 aromatic rings. The van der Waals surface area contributed by atoms with Crippen LogP contribution >= 0.6 is 0 Å². The summed E-state index contributed by atoms with van der Waals surface area (Å²) in [6, 6.07) is 1.89. The van der Waals surface area contributed by atoms with E-state index in [1.165, 1.54) is 7.11 Å². The highest BCUT2D eigenvalue weighted by molar-refractivity contribution is 5.72. The number of hydrogen-bond donors (Lipinski definition) is 1. The predicted octanol–water partition coefficient (Wildman–Crippen LogP) is 0.850. The molecule has 4 nitrogen and oxygen atoms in total. The van der Waals surface area contributed by atoms with Crippen LogP contribution in [0.1, 0.15) is 26.2 Å². The van der Waals surface area contributed by atoms with Gasteiger partial charge in [0.2, 0.25) is 0 Å². The molecule has 0 radical (unpaired) electrons. The van der Waals surface area contributed by atoms with Crippen LogP contribution in [0.5, 0.6) is 0 Å². The van der Waals surface area contributed by atoms with E-state index in [0.29, 0.717) is 12.8 Å². The number of nitriles is 1. The van der Waals surface area contributed by atoms with Crippen molar-refractivity contribution in [2.75, 3.05) is 7.11 Å². The van der Waals surface area contributed by atoms with E-state index in [1.807, 2.05) is 13.0 Å². The molecule has 4 heteroatoms. The number of esters is 1. The molecule has 3 atom stereocenters. The van der Waals surface area contributed by atoms with Crippen molar-refractivity contribution in [1.29, 1.82) is 5.26 Å². The molecule has 1 rings (SSSR count). The number of methoxy groups -OCH3 is 1. The largest absolute Gasteiger partial charge is 0.469 e. The molecule has 1 aliphatic rings. The Morgan fingerprint density at radius 1 is 1.64 bits per heavy atom. The number of ether oxygens (including phenoxy) is 1. The van der Waals surface area contributed by atoms with Crippen LogP contribution in [0.3, 0.4) is 0 Å². The molecule has 0 aromatic carbocycles. The van der Waals surface area contributed by atoms with Gasteiger partial charge in [-0.05, 0) is 18.8 Å². The van der Waals surface area contributed by atoms with E-state index >= 15 is 0 Å². The highest BCUT2D eigenvalue weighted by Crippen LogP contribution is 2.36. The first-order valence-corrected chi connectivity index (χ1v) is 4.75. The van der Waals surface area contributed by atoms with E-state index in [1.54, 1.807) is 0 Å². The van der Waals surface area contributed by atoms with Crippen molar-refractivity contribution in [3.63, 3.8) is 0 Å². The van der Waals surface area contributed by atoms with Crippen LogP contribution in [-0.4, -0.2) is 23.8 Å². The molecule has 1 saturated carbocycles. The summed E-state index contributed by atoms with van der Waals surface area (Å²) in [4.78, 5) is 11.2. The third-order valence-corrected chi connectivity index (χ3v) is 3.05. The number of hydrogen-bond acceptors (Lipinski definition) is 4. The highest BCUT2D eigenvalue weighted by Gasteiger charge is 2.43. The van der Waals surface area contributed by atoms with E-state index in [2.05, 4.69) is 4.74 Å². The Hall–Kier alpha value is -1.08. The van der Waals surface area contributed by atoms with Crippen molar-refractivity contribution in [2.45, 2.75) is 31.8 Å². The number of carbonyl (C=O) groups excluding carboxylic acids is 1. The second kappa shape index (κ2) is 3.97. The van der Waals surface area contributed by atoms with Crippen molar-refractivity contribution in [3.05, 3.63) is 0 Å². The van der Waals surface area contributed by atoms with E-state index in [-0.39, 0.29) is 24.2 Å². The quantitative estimate of drug-likeness (QED) is 0.499. The summed E-state index contributed by atoms with van der Waals surface area (Å²) in [5.41, 5.74) is -1.36. The lowest BCUT2D eigenvalue weighted by Crippen LogP contribution is -2.43. The van der Waals surface area contributed by atoms with Crippen LogP contribution in [0.25, 0.3) is 0 Å². The number of rotatable bonds is 1. The molecule has 1 fully saturated rings. The molecular formula is C10H15NO3. The van der Waals surface area contributed by atoms with Gasteiger partial charge in [-0.3, -0.25) is 4.79 Å². The molecule has 0 aromatic heterocycles. The van der Waals surface area contributed by atoms with Crippen molar-refractivity contribution in [2.24, 2.45) is 11.8 Å². The van der Waals surface area contributed by atoms with E-state index in [9.17, 15) is 9.90 Å². The first-order chi connectivity index (χ1) is 6.53. The number of nitrogens with zero attached hydrogens (tertiary/aromatic N) is 1. The molecule has 78 valence electrons. The van der Waals surface area contributed by atoms with Gasteiger partial charge in [0.15, 0.2) is 5.60 Å². The Bertz CT molecular complexity index is 271. The van der Waals surface area contributed by atoms with E-state index in [4.69, 9.17) is 5.26 Å². The SMILES string of the molecule is COC(=O)C1CCC(C)C(O)(C#N)C1. The van der Waals surface area contributed by atoms with Crippen molar-refractivity contribution >= 4 is 5.97 Å². The summed E-state index contributed by atoms with van der Waals surface area (Å²) in [7, 11) is 1.33. The number of aliphatic hydroxyl groups is 1. The molecule has 0 bridgehead atoms. The van der Waals surface area contributed by atoms with Crippen LogP contribution in [0.4, 0.5) is 0 Å². The van der Waals surface area contributed by atoms with Crippen molar-refractivity contribution in [1.82, 2.24) is 0 Å². The average molecular weight is 197 g/mol. The second-order valence-electron chi connectivity index (χ2n) is 3.94. The summed E-state index contributed by atoms with van der Waals surface area (Å²) < 4.78 is 4.60. The third-order valence-electron chi connectivity index (χ3n) is 3.05. The van der Waals surface area contributed by atoms with E-state index < -0.39 is 5.60 Å². The van der Waals surface area contributed by atoms with Gasteiger partial charge in [-0.2, -0.15) is 5.26 Å². The first-order valence-electron chi connectivity index (χ1n) is 4.75. The normalized spacial score (nSPS) is 37.3. The minimum atomic E-state index is -1.36. The van der Waals surface area contributed by atoms with Gasteiger partial charge in [0.1, 0.15) is 0 Å². The lowest BCUT2D eigenvalue weighted by molar-refractivity contribution is -0.150. The van der Waals surface area contributed by atoms with Gasteiger partial charge < -0.3 is 9.84 Å². The van der Waals surface area contributed by atoms with Gasteiger partial charge in [0, 0.05) is 6.42 Å². The lowest BCUT2D eigenvalue weighted by atomic mass is 9.72. The van der Waals surface area contributed by atoms with Crippen LogP contribution in [0, 0.1) is 23.2 Å². The van der Waals surface area contributed by atoms with Gasteiger partial charge in [-0.25, -0.2) is 0 Å². The van der Waals surface area contributed by atoms with Gasteiger partial charge in [-0.1, -0.05) is 6.92 Å². The highest BCUT2D eigenvalue weighted by atomic mass is 16.5. The van der Waals surface area contributed by atoms with Gasteiger partial charge >= 0.3 is 5.97 Å². The first kappa shape index (κ1) is 11.0. The summed E-state index contributed by atoms with van der Waals surface area (Å²) in [5.74, 6) is -0.736. The molecule has 0 saturated heterocycles. The fourth-order valence-electron chi connectivity index (χ4n) is 1.89. The zero-order valence-electron chi connectivity index (χ0n) is 8.49. The molecule has 0 spiro atoms. The van der Waals surface area contributed by atoms with E-state index in [0.717, 1.165) is 0 Å². The van der Waals surface area contributed by atoms with Gasteiger partial charge in [0.25, 0.3) is 0 Å². The molecule has 14 heavy (non-hydrogen) atoms. The van der Waals surface area contributed by atoms with Crippen LogP contribution < -0.4 is 0 Å². The molecule has 1 aliphatic carbocycles.